The quantitative estimate of drug-likeness (QED) is 0.422. The number of hydrogen-bond acceptors (Lipinski definition) is 5. The maximum atomic E-state index is 12.3. The number of rotatable bonds is 5. The van der Waals surface area contributed by atoms with E-state index in [1.165, 1.54) is 25.1 Å². The Morgan fingerprint density at radius 2 is 1.65 bits per heavy atom. The number of benzene rings is 2. The minimum Gasteiger partial charge on any atom is -0.324 e. The van der Waals surface area contributed by atoms with Crippen LogP contribution in [0.1, 0.15) is 12.5 Å². The third-order valence-electron chi connectivity index (χ3n) is 3.70. The number of aryl methyl sites for hydroxylation is 1. The summed E-state index contributed by atoms with van der Waals surface area (Å²) in [6.45, 7) is 3.35. The van der Waals surface area contributed by atoms with Crippen molar-refractivity contribution in [2.24, 2.45) is 0 Å². The molecule has 0 heterocycles. The molecule has 0 saturated carbocycles. The Hall–Kier alpha value is -3.07. The van der Waals surface area contributed by atoms with Crippen LogP contribution in [0.3, 0.4) is 0 Å². The number of carbonyl (C=O) groups is 2. The first-order chi connectivity index (χ1) is 12.3. The Labute approximate surface area is 155 Å². The second-order valence-corrected chi connectivity index (χ2v) is 5.96. The zero-order chi connectivity index (χ0) is 19.3. The summed E-state index contributed by atoms with van der Waals surface area (Å²) in [6.07, 6.45) is 0. The molecule has 3 amide bonds. The fraction of sp³-hybridized carbons (Fsp3) is 0.176. The van der Waals surface area contributed by atoms with Crippen LogP contribution in [0.5, 0.6) is 0 Å². The van der Waals surface area contributed by atoms with Crippen molar-refractivity contribution in [2.45, 2.75) is 19.9 Å². The van der Waals surface area contributed by atoms with E-state index in [1.807, 2.05) is 19.1 Å². The third kappa shape index (κ3) is 4.51. The summed E-state index contributed by atoms with van der Waals surface area (Å²) >= 11 is 4.06. The molecular weight excluding hydrogens is 356 g/mol. The predicted octanol–water partition coefficient (Wildman–Crippen LogP) is 3.61. The fourth-order valence-corrected chi connectivity index (χ4v) is 2.30. The van der Waals surface area contributed by atoms with Crippen LogP contribution in [0.25, 0.3) is 0 Å². The molecule has 0 aromatic heterocycles. The van der Waals surface area contributed by atoms with Crippen LogP contribution in [-0.2, 0) is 4.79 Å². The van der Waals surface area contributed by atoms with Crippen molar-refractivity contribution < 1.29 is 14.5 Å². The van der Waals surface area contributed by atoms with Gasteiger partial charge in [0.05, 0.1) is 4.92 Å². The first-order valence-corrected chi connectivity index (χ1v) is 8.10. The zero-order valence-corrected chi connectivity index (χ0v) is 15.1. The van der Waals surface area contributed by atoms with Gasteiger partial charge < -0.3 is 10.6 Å². The maximum Gasteiger partial charge on any atom is 0.332 e. The third-order valence-corrected chi connectivity index (χ3v) is 4.23. The van der Waals surface area contributed by atoms with Gasteiger partial charge in [-0.1, -0.05) is 43.1 Å². The molecule has 2 N–H and O–H groups in total. The Morgan fingerprint density at radius 1 is 1.08 bits per heavy atom. The summed E-state index contributed by atoms with van der Waals surface area (Å²) in [4.78, 5) is 35.0. The number of para-hydroxylation sites is 3. The van der Waals surface area contributed by atoms with Gasteiger partial charge in [-0.25, -0.2) is 4.79 Å². The Bertz CT molecular complexity index is 843. The van der Waals surface area contributed by atoms with Crippen LogP contribution in [-0.4, -0.2) is 27.2 Å². The van der Waals surface area contributed by atoms with Crippen LogP contribution in [0.15, 0.2) is 48.5 Å². The van der Waals surface area contributed by atoms with Crippen molar-refractivity contribution >= 4 is 41.8 Å². The van der Waals surface area contributed by atoms with Crippen LogP contribution < -0.4 is 10.6 Å². The number of hydrogen-bond donors (Lipinski definition) is 3. The van der Waals surface area contributed by atoms with Crippen molar-refractivity contribution in [3.63, 3.8) is 0 Å². The number of nitro groups is 1. The number of nitro benzene ring substituents is 1. The molecule has 0 aliphatic heterocycles. The second kappa shape index (κ2) is 8.34. The molecule has 2 aromatic carbocycles. The molecule has 136 valence electrons. The summed E-state index contributed by atoms with van der Waals surface area (Å²) in [5.74, 6) is -0.438. The molecule has 9 heteroatoms. The Morgan fingerprint density at radius 3 is 2.27 bits per heavy atom. The highest BCUT2D eigenvalue weighted by Crippen LogP contribution is 2.24. The van der Waals surface area contributed by atoms with E-state index < -0.39 is 22.9 Å². The number of nitrogens with one attached hydrogen (secondary N) is 2. The van der Waals surface area contributed by atoms with Gasteiger partial charge in [-0.05, 0) is 31.5 Å². The molecule has 8 nitrogen and oxygen atoms in total. The molecule has 0 fully saturated rings. The Kier molecular flexibility index (Phi) is 6.18. The highest BCUT2D eigenvalue weighted by atomic mass is 32.1. The number of anilines is 2. The molecule has 0 radical (unpaired) electrons. The molecule has 0 aliphatic carbocycles. The largest absolute Gasteiger partial charge is 0.332 e. The van der Waals surface area contributed by atoms with E-state index >= 15 is 0 Å². The zero-order valence-electron chi connectivity index (χ0n) is 14.2. The van der Waals surface area contributed by atoms with Gasteiger partial charge in [0.1, 0.15) is 11.7 Å². The normalized spacial score (nSPS) is 11.3. The number of thiol groups is 1. The SMILES string of the molecule is Cc1ccccc1NC(=O)C(C)N(S)C(=O)Nc1ccccc1[N+](=O)[O-]. The molecule has 0 aliphatic rings. The monoisotopic (exact) mass is 374 g/mol. The van der Waals surface area contributed by atoms with Crippen LogP contribution in [0, 0.1) is 17.0 Å². The molecule has 26 heavy (non-hydrogen) atoms. The van der Waals surface area contributed by atoms with Crippen molar-refractivity contribution in [3.8, 4) is 0 Å². The van der Waals surface area contributed by atoms with Crippen LogP contribution in [0.2, 0.25) is 0 Å². The van der Waals surface area contributed by atoms with Crippen LogP contribution >= 0.6 is 12.8 Å². The van der Waals surface area contributed by atoms with Gasteiger partial charge in [0.2, 0.25) is 5.91 Å². The minimum atomic E-state index is -0.916. The van der Waals surface area contributed by atoms with Gasteiger partial charge in [-0.3, -0.25) is 19.2 Å². The van der Waals surface area contributed by atoms with Crippen LogP contribution in [0.4, 0.5) is 21.9 Å². The van der Waals surface area contributed by atoms with Gasteiger partial charge in [-0.2, -0.15) is 0 Å². The van der Waals surface area contributed by atoms with E-state index in [2.05, 4.69) is 23.4 Å². The van der Waals surface area contributed by atoms with Gasteiger partial charge in [0, 0.05) is 11.8 Å². The van der Waals surface area contributed by atoms with Crippen molar-refractivity contribution in [1.29, 1.82) is 0 Å². The smallest absolute Gasteiger partial charge is 0.324 e. The van der Waals surface area contributed by atoms with Gasteiger partial charge in [0.25, 0.3) is 5.69 Å². The van der Waals surface area contributed by atoms with E-state index in [0.29, 0.717) is 5.69 Å². The lowest BCUT2D eigenvalue weighted by atomic mass is 10.2. The summed E-state index contributed by atoms with van der Waals surface area (Å²) < 4.78 is 0.879. The molecule has 2 rings (SSSR count). The molecule has 1 atom stereocenters. The lowest BCUT2D eigenvalue weighted by molar-refractivity contribution is -0.383. The fourth-order valence-electron chi connectivity index (χ4n) is 2.15. The summed E-state index contributed by atoms with van der Waals surface area (Å²) in [5.41, 5.74) is 1.28. The lowest BCUT2D eigenvalue weighted by Gasteiger charge is -2.23. The maximum absolute atomic E-state index is 12.3. The predicted molar refractivity (Wildman–Crippen MR) is 102 cm³/mol. The highest BCUT2D eigenvalue weighted by Gasteiger charge is 2.25. The molecular formula is C17H18N4O4S. The lowest BCUT2D eigenvalue weighted by Crippen LogP contribution is -2.42. The minimum absolute atomic E-state index is 0.0214. The van der Waals surface area contributed by atoms with Gasteiger partial charge >= 0.3 is 6.03 Å². The molecule has 0 saturated heterocycles. The van der Waals surface area contributed by atoms with E-state index in [-0.39, 0.29) is 11.4 Å². The summed E-state index contributed by atoms with van der Waals surface area (Å²) in [7, 11) is 0. The van der Waals surface area contributed by atoms with E-state index in [0.717, 1.165) is 9.87 Å². The molecule has 1 unspecified atom stereocenters. The summed E-state index contributed by atoms with van der Waals surface area (Å²) in [6, 6.07) is 11.3. The topological polar surface area (TPSA) is 105 Å². The number of carbonyl (C=O) groups excluding carboxylic acids is 2. The first-order valence-electron chi connectivity index (χ1n) is 7.70. The average molecular weight is 374 g/mol. The van der Waals surface area contributed by atoms with E-state index in [9.17, 15) is 19.7 Å². The summed E-state index contributed by atoms with van der Waals surface area (Å²) in [5, 5.41) is 16.1. The highest BCUT2D eigenvalue weighted by molar-refractivity contribution is 7.78. The molecule has 0 bridgehead atoms. The number of amides is 3. The van der Waals surface area contributed by atoms with Crippen molar-refractivity contribution in [1.82, 2.24) is 4.31 Å². The van der Waals surface area contributed by atoms with Crippen molar-refractivity contribution in [2.75, 3.05) is 10.6 Å². The number of nitrogens with zero attached hydrogens (tertiary/aromatic N) is 2. The molecule has 2 aromatic rings. The number of urea groups is 1. The van der Waals surface area contributed by atoms with E-state index in [4.69, 9.17) is 0 Å². The Balaban J connectivity index is 2.06. The molecule has 0 spiro atoms. The van der Waals surface area contributed by atoms with Gasteiger partial charge in [-0.15, -0.1) is 0 Å². The van der Waals surface area contributed by atoms with Gasteiger partial charge in [0.15, 0.2) is 0 Å². The van der Waals surface area contributed by atoms with E-state index in [1.54, 1.807) is 18.2 Å². The average Bonchev–Trinajstić information content (AvgIpc) is 2.62. The van der Waals surface area contributed by atoms with Crippen molar-refractivity contribution in [3.05, 3.63) is 64.2 Å². The second-order valence-electron chi connectivity index (χ2n) is 5.53. The standard InChI is InChI=1S/C17H18N4O4S/c1-11-7-3-4-8-13(11)18-16(22)12(2)20(26)17(23)19-14-9-5-6-10-15(14)21(24)25/h3-10,12,26H,1-2H3,(H,18,22)(H,19,23). The first kappa shape index (κ1) is 19.3.